The molecule has 0 saturated carbocycles. The molecular formula is C17H20N2S. The third kappa shape index (κ3) is 3.36. The van der Waals surface area contributed by atoms with Crippen LogP contribution in [-0.2, 0) is 0 Å². The molecule has 0 amide bonds. The Kier molecular flexibility index (Phi) is 4.40. The van der Waals surface area contributed by atoms with E-state index in [0.717, 1.165) is 11.4 Å². The van der Waals surface area contributed by atoms with Gasteiger partial charge < -0.3 is 10.6 Å². The molecular weight excluding hydrogens is 264 g/mol. The molecule has 2 rings (SSSR count). The van der Waals surface area contributed by atoms with Gasteiger partial charge in [0.05, 0.1) is 0 Å². The van der Waals surface area contributed by atoms with Crippen LogP contribution in [0.1, 0.15) is 22.3 Å². The highest BCUT2D eigenvalue weighted by atomic mass is 32.1. The fourth-order valence-corrected chi connectivity index (χ4v) is 2.33. The molecule has 2 nitrogen and oxygen atoms in total. The Hall–Kier alpha value is -1.87. The summed E-state index contributed by atoms with van der Waals surface area (Å²) >= 11 is 5.39. The van der Waals surface area contributed by atoms with Gasteiger partial charge >= 0.3 is 0 Å². The molecule has 20 heavy (non-hydrogen) atoms. The van der Waals surface area contributed by atoms with Crippen LogP contribution >= 0.6 is 12.2 Å². The number of thiocarbonyl (C=S) groups is 1. The maximum absolute atomic E-state index is 5.39. The highest BCUT2D eigenvalue weighted by molar-refractivity contribution is 7.80. The number of anilines is 2. The van der Waals surface area contributed by atoms with Gasteiger partial charge in [-0.2, -0.15) is 0 Å². The Morgan fingerprint density at radius 2 is 1.45 bits per heavy atom. The number of benzene rings is 2. The van der Waals surface area contributed by atoms with Crippen LogP contribution in [0.5, 0.6) is 0 Å². The summed E-state index contributed by atoms with van der Waals surface area (Å²) in [5.41, 5.74) is 7.00. The van der Waals surface area contributed by atoms with Gasteiger partial charge in [0.1, 0.15) is 0 Å². The van der Waals surface area contributed by atoms with Gasteiger partial charge in [0.25, 0.3) is 0 Å². The molecule has 0 fully saturated rings. The van der Waals surface area contributed by atoms with Crippen LogP contribution in [0, 0.1) is 27.7 Å². The second-order valence-corrected chi connectivity index (χ2v) is 5.55. The quantitative estimate of drug-likeness (QED) is 0.780. The second-order valence-electron chi connectivity index (χ2n) is 5.14. The zero-order valence-electron chi connectivity index (χ0n) is 12.4. The van der Waals surface area contributed by atoms with E-state index < -0.39 is 0 Å². The monoisotopic (exact) mass is 284 g/mol. The molecule has 0 radical (unpaired) electrons. The average Bonchev–Trinajstić information content (AvgIpc) is 2.38. The molecule has 104 valence electrons. The number of para-hydroxylation sites is 1. The Labute approximate surface area is 126 Å². The lowest BCUT2D eigenvalue weighted by Crippen LogP contribution is -2.20. The van der Waals surface area contributed by atoms with Crippen molar-refractivity contribution in [2.24, 2.45) is 0 Å². The van der Waals surface area contributed by atoms with Crippen LogP contribution in [0.2, 0.25) is 0 Å². The molecule has 0 unspecified atom stereocenters. The molecule has 0 aromatic heterocycles. The van der Waals surface area contributed by atoms with E-state index >= 15 is 0 Å². The predicted octanol–water partition coefficient (Wildman–Crippen LogP) is 4.73. The summed E-state index contributed by atoms with van der Waals surface area (Å²) in [6.07, 6.45) is 0. The van der Waals surface area contributed by atoms with Crippen molar-refractivity contribution < 1.29 is 0 Å². The number of hydrogen-bond donors (Lipinski definition) is 2. The smallest absolute Gasteiger partial charge is 0.175 e. The first-order chi connectivity index (χ1) is 9.47. The van der Waals surface area contributed by atoms with Crippen molar-refractivity contribution in [3.63, 3.8) is 0 Å². The van der Waals surface area contributed by atoms with Crippen LogP contribution < -0.4 is 10.6 Å². The first-order valence-corrected chi connectivity index (χ1v) is 7.09. The molecule has 0 aliphatic carbocycles. The molecule has 2 N–H and O–H groups in total. The fraction of sp³-hybridized carbons (Fsp3) is 0.235. The maximum atomic E-state index is 5.39. The van der Waals surface area contributed by atoms with Crippen LogP contribution in [0.4, 0.5) is 11.4 Å². The van der Waals surface area contributed by atoms with Crippen molar-refractivity contribution in [3.05, 3.63) is 58.7 Å². The van der Waals surface area contributed by atoms with E-state index in [0.29, 0.717) is 5.11 Å². The molecule has 0 aliphatic heterocycles. The van der Waals surface area contributed by atoms with Crippen molar-refractivity contribution in [2.75, 3.05) is 10.6 Å². The van der Waals surface area contributed by atoms with Gasteiger partial charge in [0, 0.05) is 11.4 Å². The van der Waals surface area contributed by atoms with Crippen molar-refractivity contribution in [2.45, 2.75) is 27.7 Å². The van der Waals surface area contributed by atoms with Crippen molar-refractivity contribution in [3.8, 4) is 0 Å². The van der Waals surface area contributed by atoms with Gasteiger partial charge in [-0.15, -0.1) is 0 Å². The molecule has 0 bridgehead atoms. The summed E-state index contributed by atoms with van der Waals surface area (Å²) in [4.78, 5) is 0. The lowest BCUT2D eigenvalue weighted by atomic mass is 10.1. The average molecular weight is 284 g/mol. The van der Waals surface area contributed by atoms with Gasteiger partial charge in [-0.3, -0.25) is 0 Å². The van der Waals surface area contributed by atoms with Crippen LogP contribution in [0.15, 0.2) is 36.4 Å². The second kappa shape index (κ2) is 6.06. The highest BCUT2D eigenvalue weighted by Gasteiger charge is 2.05. The van der Waals surface area contributed by atoms with Gasteiger partial charge in [-0.1, -0.05) is 24.3 Å². The van der Waals surface area contributed by atoms with Gasteiger partial charge in [-0.05, 0) is 74.3 Å². The van der Waals surface area contributed by atoms with E-state index in [-0.39, 0.29) is 0 Å². The predicted molar refractivity (Wildman–Crippen MR) is 91.7 cm³/mol. The van der Waals surface area contributed by atoms with Crippen LogP contribution in [-0.4, -0.2) is 5.11 Å². The van der Waals surface area contributed by atoms with Gasteiger partial charge in [0.15, 0.2) is 5.11 Å². The minimum Gasteiger partial charge on any atom is -0.332 e. The van der Waals surface area contributed by atoms with Crippen molar-refractivity contribution in [1.82, 2.24) is 0 Å². The Morgan fingerprint density at radius 3 is 2.05 bits per heavy atom. The first-order valence-electron chi connectivity index (χ1n) is 6.69. The summed E-state index contributed by atoms with van der Waals surface area (Å²) in [5.74, 6) is 0. The van der Waals surface area contributed by atoms with Crippen LogP contribution in [0.3, 0.4) is 0 Å². The zero-order valence-corrected chi connectivity index (χ0v) is 13.2. The standard InChI is InChI=1S/C17H20N2S/c1-11-8-9-15(10-14(11)4)18-17(20)19-16-12(2)6-5-7-13(16)3/h5-10H,1-4H3,(H2,18,19,20). The Balaban J connectivity index is 2.11. The normalized spacial score (nSPS) is 10.2. The lowest BCUT2D eigenvalue weighted by Gasteiger charge is -2.15. The lowest BCUT2D eigenvalue weighted by molar-refractivity contribution is 1.34. The number of rotatable bonds is 2. The maximum Gasteiger partial charge on any atom is 0.175 e. The van der Waals surface area contributed by atoms with E-state index in [1.54, 1.807) is 0 Å². The third-order valence-electron chi connectivity index (χ3n) is 3.48. The minimum atomic E-state index is 0.616. The molecule has 0 aliphatic rings. The zero-order chi connectivity index (χ0) is 14.7. The first kappa shape index (κ1) is 14.5. The Morgan fingerprint density at radius 1 is 0.800 bits per heavy atom. The molecule has 2 aromatic carbocycles. The molecule has 0 spiro atoms. The van der Waals surface area contributed by atoms with Crippen LogP contribution in [0.25, 0.3) is 0 Å². The molecule has 3 heteroatoms. The van der Waals surface area contributed by atoms with Crippen molar-refractivity contribution >= 4 is 28.7 Å². The van der Waals surface area contributed by atoms with E-state index in [1.165, 1.54) is 22.3 Å². The fourth-order valence-electron chi connectivity index (χ4n) is 2.11. The summed E-state index contributed by atoms with van der Waals surface area (Å²) < 4.78 is 0. The summed E-state index contributed by atoms with van der Waals surface area (Å²) in [6.45, 7) is 8.36. The molecule has 0 heterocycles. The summed E-state index contributed by atoms with van der Waals surface area (Å²) in [7, 11) is 0. The van der Waals surface area contributed by atoms with Gasteiger partial charge in [0.2, 0.25) is 0 Å². The molecule has 0 atom stereocenters. The van der Waals surface area contributed by atoms with Gasteiger partial charge in [-0.25, -0.2) is 0 Å². The number of nitrogens with one attached hydrogen (secondary N) is 2. The molecule has 0 saturated heterocycles. The topological polar surface area (TPSA) is 24.1 Å². The molecule has 2 aromatic rings. The minimum absolute atomic E-state index is 0.616. The van der Waals surface area contributed by atoms with Crippen molar-refractivity contribution in [1.29, 1.82) is 0 Å². The number of hydrogen-bond acceptors (Lipinski definition) is 1. The highest BCUT2D eigenvalue weighted by Crippen LogP contribution is 2.20. The van der Waals surface area contributed by atoms with E-state index in [1.807, 2.05) is 6.07 Å². The Bertz CT molecular complexity index is 627. The van der Waals surface area contributed by atoms with E-state index in [4.69, 9.17) is 12.2 Å². The summed E-state index contributed by atoms with van der Waals surface area (Å²) in [5, 5.41) is 7.13. The van der Waals surface area contributed by atoms with E-state index in [2.05, 4.69) is 68.7 Å². The third-order valence-corrected chi connectivity index (χ3v) is 3.69. The largest absolute Gasteiger partial charge is 0.332 e. The SMILES string of the molecule is Cc1ccc(NC(=S)Nc2c(C)cccc2C)cc1C. The number of aryl methyl sites for hydroxylation is 4. The van der Waals surface area contributed by atoms with E-state index in [9.17, 15) is 0 Å². The summed E-state index contributed by atoms with van der Waals surface area (Å²) in [6, 6.07) is 12.5.